The average Bonchev–Trinajstić information content (AvgIpc) is 2.50. The number of rotatable bonds is 5. The van der Waals surface area contributed by atoms with Gasteiger partial charge in [0.2, 0.25) is 0 Å². The number of aryl methyl sites for hydroxylation is 1. The third kappa shape index (κ3) is 3.12. The summed E-state index contributed by atoms with van der Waals surface area (Å²) in [7, 11) is -3.96. The molecule has 2 aromatic rings. The smallest absolute Gasteiger partial charge is 0.327 e. The second-order valence-electron chi connectivity index (χ2n) is 4.96. The Bertz CT molecular complexity index is 754. The Morgan fingerprint density at radius 2 is 1.59 bits per heavy atom. The molecule has 1 N–H and O–H groups in total. The molecular weight excluding hydrogens is 302 g/mol. The number of benzene rings is 2. The fourth-order valence-electron chi connectivity index (χ4n) is 2.07. The van der Waals surface area contributed by atoms with E-state index in [-0.39, 0.29) is 4.90 Å². The van der Waals surface area contributed by atoms with Crippen LogP contribution >= 0.6 is 0 Å². The van der Waals surface area contributed by atoms with E-state index < -0.39 is 22.0 Å². The molecule has 1 atom stereocenters. The van der Waals surface area contributed by atoms with E-state index in [0.717, 1.165) is 9.87 Å². The van der Waals surface area contributed by atoms with Crippen molar-refractivity contribution in [2.24, 2.45) is 0 Å². The molecule has 0 fully saturated rings. The molecule has 0 bridgehead atoms. The summed E-state index contributed by atoms with van der Waals surface area (Å²) in [6.45, 7) is 3.23. The Hall–Kier alpha value is -2.34. The van der Waals surface area contributed by atoms with Crippen molar-refractivity contribution in [2.75, 3.05) is 4.31 Å². The summed E-state index contributed by atoms with van der Waals surface area (Å²) in [5.74, 6) is -1.21. The second-order valence-corrected chi connectivity index (χ2v) is 6.78. The molecule has 0 saturated carbocycles. The number of carboxylic acids is 1. The van der Waals surface area contributed by atoms with Gasteiger partial charge in [0.15, 0.2) is 0 Å². The molecule has 0 saturated heterocycles. The molecule has 0 spiro atoms. The molecule has 5 nitrogen and oxygen atoms in total. The minimum Gasteiger partial charge on any atom is -0.480 e. The maximum Gasteiger partial charge on any atom is 0.327 e. The first kappa shape index (κ1) is 16.0. The number of sulfonamides is 1. The van der Waals surface area contributed by atoms with Crippen LogP contribution in [0.4, 0.5) is 5.69 Å². The normalized spacial score (nSPS) is 12.6. The molecule has 0 amide bonds. The molecule has 0 aromatic heterocycles. The van der Waals surface area contributed by atoms with Crippen molar-refractivity contribution in [1.29, 1.82) is 0 Å². The topological polar surface area (TPSA) is 74.7 Å². The molecule has 0 aliphatic rings. The van der Waals surface area contributed by atoms with Crippen LogP contribution in [0.25, 0.3) is 0 Å². The van der Waals surface area contributed by atoms with Gasteiger partial charge in [0.25, 0.3) is 10.0 Å². The lowest BCUT2D eigenvalue weighted by Crippen LogP contribution is -2.43. The van der Waals surface area contributed by atoms with Crippen LogP contribution in [0, 0.1) is 6.92 Å². The van der Waals surface area contributed by atoms with Crippen LogP contribution in [0.3, 0.4) is 0 Å². The van der Waals surface area contributed by atoms with E-state index in [1.165, 1.54) is 19.1 Å². The summed E-state index contributed by atoms with van der Waals surface area (Å²) in [5.41, 5.74) is 1.29. The first-order chi connectivity index (χ1) is 10.3. The molecule has 0 heterocycles. The van der Waals surface area contributed by atoms with Crippen LogP contribution in [0.5, 0.6) is 0 Å². The molecule has 0 aliphatic heterocycles. The fourth-order valence-corrected chi connectivity index (χ4v) is 3.70. The monoisotopic (exact) mass is 319 g/mol. The summed E-state index contributed by atoms with van der Waals surface area (Å²) in [6.07, 6.45) is 0. The molecule has 22 heavy (non-hydrogen) atoms. The van der Waals surface area contributed by atoms with E-state index in [9.17, 15) is 18.3 Å². The first-order valence-electron chi connectivity index (χ1n) is 6.73. The standard InChI is InChI=1S/C16H17NO4S/c1-12-8-10-14(11-9-12)17(13(2)16(18)19)22(20,21)15-6-4-3-5-7-15/h3-11,13H,1-2H3,(H,18,19). The summed E-state index contributed by atoms with van der Waals surface area (Å²) in [5, 5.41) is 9.27. The van der Waals surface area contributed by atoms with Crippen LogP contribution in [0.2, 0.25) is 0 Å². The van der Waals surface area contributed by atoms with Crippen molar-refractivity contribution in [3.8, 4) is 0 Å². The SMILES string of the molecule is Cc1ccc(N(C(C)C(=O)O)S(=O)(=O)c2ccccc2)cc1. The Morgan fingerprint density at radius 3 is 2.09 bits per heavy atom. The number of carbonyl (C=O) groups is 1. The average molecular weight is 319 g/mol. The lowest BCUT2D eigenvalue weighted by atomic mass is 10.2. The van der Waals surface area contributed by atoms with Crippen molar-refractivity contribution in [3.63, 3.8) is 0 Å². The highest BCUT2D eigenvalue weighted by atomic mass is 32.2. The summed E-state index contributed by atoms with van der Waals surface area (Å²) in [6, 6.07) is 13.3. The molecule has 2 aromatic carbocycles. The van der Waals surface area contributed by atoms with Crippen molar-refractivity contribution < 1.29 is 18.3 Å². The summed E-state index contributed by atoms with van der Waals surface area (Å²) >= 11 is 0. The van der Waals surface area contributed by atoms with Gasteiger partial charge in [-0.1, -0.05) is 35.9 Å². The van der Waals surface area contributed by atoms with Gasteiger partial charge in [-0.15, -0.1) is 0 Å². The van der Waals surface area contributed by atoms with Gasteiger partial charge in [0, 0.05) is 0 Å². The van der Waals surface area contributed by atoms with E-state index in [2.05, 4.69) is 0 Å². The Balaban J connectivity index is 2.59. The zero-order chi connectivity index (χ0) is 16.3. The van der Waals surface area contributed by atoms with Gasteiger partial charge in [-0.2, -0.15) is 0 Å². The Morgan fingerprint density at radius 1 is 1.05 bits per heavy atom. The molecule has 116 valence electrons. The highest BCUT2D eigenvalue weighted by Crippen LogP contribution is 2.26. The molecule has 0 radical (unpaired) electrons. The summed E-state index contributed by atoms with van der Waals surface area (Å²) < 4.78 is 26.6. The van der Waals surface area contributed by atoms with Gasteiger partial charge in [-0.05, 0) is 38.1 Å². The van der Waals surface area contributed by atoms with E-state index >= 15 is 0 Å². The van der Waals surface area contributed by atoms with Crippen molar-refractivity contribution in [2.45, 2.75) is 24.8 Å². The highest BCUT2D eigenvalue weighted by Gasteiger charge is 2.33. The number of hydrogen-bond acceptors (Lipinski definition) is 3. The highest BCUT2D eigenvalue weighted by molar-refractivity contribution is 7.92. The van der Waals surface area contributed by atoms with E-state index in [4.69, 9.17) is 0 Å². The van der Waals surface area contributed by atoms with Crippen LogP contribution in [-0.4, -0.2) is 25.5 Å². The quantitative estimate of drug-likeness (QED) is 0.919. The zero-order valence-corrected chi connectivity index (χ0v) is 13.1. The Kier molecular flexibility index (Phi) is 4.51. The largest absolute Gasteiger partial charge is 0.480 e. The lowest BCUT2D eigenvalue weighted by Gasteiger charge is -2.28. The third-order valence-corrected chi connectivity index (χ3v) is 5.21. The first-order valence-corrected chi connectivity index (χ1v) is 8.17. The van der Waals surface area contributed by atoms with Gasteiger partial charge in [-0.3, -0.25) is 4.31 Å². The van der Waals surface area contributed by atoms with Crippen molar-refractivity contribution >= 4 is 21.7 Å². The van der Waals surface area contributed by atoms with E-state index in [1.807, 2.05) is 6.92 Å². The van der Waals surface area contributed by atoms with E-state index in [0.29, 0.717) is 5.69 Å². The van der Waals surface area contributed by atoms with Gasteiger partial charge < -0.3 is 5.11 Å². The van der Waals surface area contributed by atoms with Crippen molar-refractivity contribution in [1.82, 2.24) is 0 Å². The van der Waals surface area contributed by atoms with Crippen molar-refractivity contribution in [3.05, 3.63) is 60.2 Å². The Labute approximate surface area is 129 Å². The third-order valence-electron chi connectivity index (χ3n) is 3.30. The summed E-state index contributed by atoms with van der Waals surface area (Å²) in [4.78, 5) is 11.4. The van der Waals surface area contributed by atoms with Crippen LogP contribution in [0.15, 0.2) is 59.5 Å². The van der Waals surface area contributed by atoms with Gasteiger partial charge >= 0.3 is 5.97 Å². The van der Waals surface area contributed by atoms with Gasteiger partial charge in [0.1, 0.15) is 6.04 Å². The molecule has 0 aliphatic carbocycles. The maximum atomic E-state index is 12.8. The molecule has 6 heteroatoms. The fraction of sp³-hybridized carbons (Fsp3) is 0.188. The number of aliphatic carboxylic acids is 1. The lowest BCUT2D eigenvalue weighted by molar-refractivity contribution is -0.137. The van der Waals surface area contributed by atoms with E-state index in [1.54, 1.807) is 42.5 Å². The number of anilines is 1. The van der Waals surface area contributed by atoms with Gasteiger partial charge in [-0.25, -0.2) is 13.2 Å². The minimum atomic E-state index is -3.96. The predicted octanol–water partition coefficient (Wildman–Crippen LogP) is 2.66. The zero-order valence-electron chi connectivity index (χ0n) is 12.3. The second kappa shape index (κ2) is 6.19. The maximum absolute atomic E-state index is 12.8. The minimum absolute atomic E-state index is 0.0590. The number of carboxylic acid groups (broad SMARTS) is 1. The predicted molar refractivity (Wildman–Crippen MR) is 84.4 cm³/mol. The van der Waals surface area contributed by atoms with Gasteiger partial charge in [0.05, 0.1) is 10.6 Å². The number of nitrogens with zero attached hydrogens (tertiary/aromatic N) is 1. The molecule has 2 rings (SSSR count). The van der Waals surface area contributed by atoms with Crippen LogP contribution in [0.1, 0.15) is 12.5 Å². The molecule has 1 unspecified atom stereocenters. The van der Waals surface area contributed by atoms with Crippen LogP contribution in [-0.2, 0) is 14.8 Å². The van der Waals surface area contributed by atoms with Crippen LogP contribution < -0.4 is 4.31 Å². The number of hydrogen-bond donors (Lipinski definition) is 1. The molecular formula is C16H17NO4S.